The lowest BCUT2D eigenvalue weighted by molar-refractivity contribution is -0.0659. The first-order chi connectivity index (χ1) is 15.9. The summed E-state index contributed by atoms with van der Waals surface area (Å²) in [4.78, 5) is 0. The summed E-state index contributed by atoms with van der Waals surface area (Å²) < 4.78 is 0.394. The van der Waals surface area contributed by atoms with Crippen LogP contribution in [0.15, 0.2) is 35.9 Å². The summed E-state index contributed by atoms with van der Waals surface area (Å²) in [6, 6.07) is 9.86. The van der Waals surface area contributed by atoms with Crippen molar-refractivity contribution in [2.24, 2.45) is 29.1 Å². The number of hydrogen-bond acceptors (Lipinski definition) is 4. The summed E-state index contributed by atoms with van der Waals surface area (Å²) in [6.45, 7) is 6.84. The molecule has 7 atom stereocenters. The molecule has 1 aromatic carbocycles. The summed E-state index contributed by atoms with van der Waals surface area (Å²) in [5.74, 6) is 6.22. The summed E-state index contributed by atoms with van der Waals surface area (Å²) >= 11 is 4.43. The topological polar surface area (TPSA) is 32.3 Å². The van der Waals surface area contributed by atoms with Gasteiger partial charge < -0.3 is 10.4 Å². The Bertz CT molecular complexity index is 905. The zero-order valence-electron chi connectivity index (χ0n) is 20.6. The Kier molecular flexibility index (Phi) is 5.90. The molecule has 1 heterocycles. The molecule has 6 rings (SSSR count). The molecule has 2 N–H and O–H groups in total. The third-order valence-electron chi connectivity index (χ3n) is 9.98. The first-order valence-corrected chi connectivity index (χ1v) is 15.4. The number of hydrogen-bond donors (Lipinski definition) is 2. The minimum atomic E-state index is -0.120. The Balaban J connectivity index is 1.37. The van der Waals surface area contributed by atoms with Gasteiger partial charge in [0.1, 0.15) is 0 Å². The molecule has 33 heavy (non-hydrogen) atoms. The van der Waals surface area contributed by atoms with Crippen LogP contribution >= 0.6 is 23.5 Å². The highest BCUT2D eigenvalue weighted by Gasteiger charge is 2.59. The van der Waals surface area contributed by atoms with Crippen molar-refractivity contribution in [3.63, 3.8) is 0 Å². The van der Waals surface area contributed by atoms with Crippen molar-refractivity contribution < 1.29 is 5.11 Å². The Hall–Kier alpha value is -0.580. The van der Waals surface area contributed by atoms with E-state index in [9.17, 15) is 5.11 Å². The lowest BCUT2D eigenvalue weighted by atomic mass is 9.48. The van der Waals surface area contributed by atoms with Gasteiger partial charge in [-0.3, -0.25) is 0 Å². The highest BCUT2D eigenvalue weighted by Crippen LogP contribution is 2.67. The lowest BCUT2D eigenvalue weighted by Gasteiger charge is -2.57. The van der Waals surface area contributed by atoms with Gasteiger partial charge in [0.05, 0.1) is 10.2 Å². The fourth-order valence-electron chi connectivity index (χ4n) is 8.62. The number of anilines is 1. The molecule has 2 nitrogen and oxygen atoms in total. The molecule has 1 spiro atoms. The van der Waals surface area contributed by atoms with Crippen LogP contribution in [-0.4, -0.2) is 32.8 Å². The van der Waals surface area contributed by atoms with E-state index in [0.29, 0.717) is 22.0 Å². The molecular weight excluding hydrogens is 442 g/mol. The highest BCUT2D eigenvalue weighted by molar-refractivity contribution is 8.21. The summed E-state index contributed by atoms with van der Waals surface area (Å²) in [7, 11) is 0. The molecule has 1 saturated heterocycles. The minimum Gasteiger partial charge on any atom is -0.393 e. The smallest absolute Gasteiger partial charge is 0.0794 e. The molecule has 7 unspecified atom stereocenters. The number of aliphatic hydroxyl groups excluding tert-OH is 1. The SMILES string of the molecule is CC(C)Nc1ccc(C2CC3(C)C(O)CCC3C3CCC4=CC5(CCC4C23)SCCS5)cc1. The summed E-state index contributed by atoms with van der Waals surface area (Å²) in [6.07, 6.45) is 11.4. The molecule has 0 bridgehead atoms. The summed E-state index contributed by atoms with van der Waals surface area (Å²) in [5, 5.41) is 14.7. The molecule has 4 heteroatoms. The predicted octanol–water partition coefficient (Wildman–Crippen LogP) is 7.31. The van der Waals surface area contributed by atoms with E-state index >= 15 is 0 Å². The van der Waals surface area contributed by atoms with Gasteiger partial charge in [-0.25, -0.2) is 0 Å². The number of rotatable bonds is 3. The van der Waals surface area contributed by atoms with Crippen molar-refractivity contribution in [1.82, 2.24) is 0 Å². The molecule has 4 fully saturated rings. The van der Waals surface area contributed by atoms with Crippen molar-refractivity contribution in [3.8, 4) is 0 Å². The number of thioether (sulfide) groups is 2. The highest BCUT2D eigenvalue weighted by atomic mass is 32.2. The van der Waals surface area contributed by atoms with Crippen LogP contribution in [0.2, 0.25) is 0 Å². The third kappa shape index (κ3) is 3.82. The Morgan fingerprint density at radius 1 is 1.00 bits per heavy atom. The van der Waals surface area contributed by atoms with Gasteiger partial charge in [0.15, 0.2) is 0 Å². The fourth-order valence-corrected chi connectivity index (χ4v) is 11.8. The van der Waals surface area contributed by atoms with Crippen LogP contribution in [0, 0.1) is 29.1 Å². The molecule has 4 aliphatic carbocycles. The molecule has 1 aliphatic heterocycles. The number of fused-ring (bicyclic) bond motifs is 5. The Labute approximate surface area is 209 Å². The molecule has 3 saturated carbocycles. The van der Waals surface area contributed by atoms with Crippen LogP contribution in [-0.2, 0) is 0 Å². The van der Waals surface area contributed by atoms with Crippen LogP contribution in [0.5, 0.6) is 0 Å². The van der Waals surface area contributed by atoms with Gasteiger partial charge in [0, 0.05) is 23.2 Å². The number of allylic oxidation sites excluding steroid dienone is 1. The Morgan fingerprint density at radius 2 is 1.76 bits per heavy atom. The van der Waals surface area contributed by atoms with Gasteiger partial charge in [-0.1, -0.05) is 30.7 Å². The number of benzene rings is 1. The fraction of sp³-hybridized carbons (Fsp3) is 0.724. The molecular formula is C29H41NOS2. The van der Waals surface area contributed by atoms with Crippen molar-refractivity contribution in [3.05, 3.63) is 41.5 Å². The zero-order chi connectivity index (χ0) is 22.8. The maximum absolute atomic E-state index is 11.1. The molecule has 0 aromatic heterocycles. The van der Waals surface area contributed by atoms with E-state index in [1.807, 2.05) is 0 Å². The van der Waals surface area contributed by atoms with E-state index in [0.717, 1.165) is 30.6 Å². The first kappa shape index (κ1) is 22.9. The number of nitrogens with one attached hydrogen (secondary N) is 1. The average molecular weight is 484 g/mol. The van der Waals surface area contributed by atoms with Gasteiger partial charge in [0.2, 0.25) is 0 Å². The average Bonchev–Trinajstić information content (AvgIpc) is 3.37. The van der Waals surface area contributed by atoms with Crippen LogP contribution < -0.4 is 5.32 Å². The van der Waals surface area contributed by atoms with Crippen molar-refractivity contribution >= 4 is 29.2 Å². The van der Waals surface area contributed by atoms with Crippen molar-refractivity contribution in [2.45, 2.75) is 87.9 Å². The Morgan fingerprint density at radius 3 is 2.48 bits per heavy atom. The molecule has 1 aromatic rings. The quantitative estimate of drug-likeness (QED) is 0.441. The largest absolute Gasteiger partial charge is 0.393 e. The predicted molar refractivity (Wildman–Crippen MR) is 144 cm³/mol. The van der Waals surface area contributed by atoms with E-state index in [-0.39, 0.29) is 11.5 Å². The van der Waals surface area contributed by atoms with Gasteiger partial charge in [0.25, 0.3) is 0 Å². The second kappa shape index (κ2) is 8.52. The van der Waals surface area contributed by atoms with Gasteiger partial charge >= 0.3 is 0 Å². The van der Waals surface area contributed by atoms with E-state index < -0.39 is 0 Å². The molecule has 180 valence electrons. The summed E-state index contributed by atoms with van der Waals surface area (Å²) in [5.41, 5.74) is 4.64. The number of aliphatic hydroxyl groups is 1. The second-order valence-electron chi connectivity index (χ2n) is 12.1. The van der Waals surface area contributed by atoms with Crippen LogP contribution in [0.1, 0.15) is 77.2 Å². The van der Waals surface area contributed by atoms with Gasteiger partial charge in [-0.15, -0.1) is 23.5 Å². The van der Waals surface area contributed by atoms with Gasteiger partial charge in [-0.2, -0.15) is 0 Å². The first-order valence-electron chi connectivity index (χ1n) is 13.4. The van der Waals surface area contributed by atoms with Crippen LogP contribution in [0.4, 0.5) is 5.69 Å². The molecule has 0 radical (unpaired) electrons. The van der Waals surface area contributed by atoms with E-state index in [1.165, 1.54) is 54.9 Å². The van der Waals surface area contributed by atoms with Crippen molar-refractivity contribution in [2.75, 3.05) is 16.8 Å². The van der Waals surface area contributed by atoms with Gasteiger partial charge in [-0.05, 0) is 111 Å². The van der Waals surface area contributed by atoms with E-state index in [4.69, 9.17) is 0 Å². The molecule has 5 aliphatic rings. The second-order valence-corrected chi connectivity index (χ2v) is 15.2. The van der Waals surface area contributed by atoms with Crippen LogP contribution in [0.3, 0.4) is 0 Å². The third-order valence-corrected chi connectivity index (χ3v) is 13.4. The maximum Gasteiger partial charge on any atom is 0.0794 e. The van der Waals surface area contributed by atoms with Crippen molar-refractivity contribution in [1.29, 1.82) is 0 Å². The van der Waals surface area contributed by atoms with E-state index in [2.05, 4.69) is 80.0 Å². The normalized spacial score (nSPS) is 41.4. The molecule has 0 amide bonds. The lowest BCUT2D eigenvalue weighted by Crippen LogP contribution is -2.51. The zero-order valence-corrected chi connectivity index (χ0v) is 22.2. The standard InChI is InChI=1S/C29H41NOS2/c1-18(2)30-21-7-4-19(5-8-21)24-17-28(3)25(10-11-26(28)31)23-9-6-20-16-29(32-14-15-33-29)13-12-22(20)27(23)24/h4-5,7-8,16,18,22-27,30-31H,6,9-15,17H2,1-3H3. The monoisotopic (exact) mass is 483 g/mol. The van der Waals surface area contributed by atoms with Crippen LogP contribution in [0.25, 0.3) is 0 Å². The minimum absolute atomic E-state index is 0.0922. The maximum atomic E-state index is 11.1. The van der Waals surface area contributed by atoms with E-state index in [1.54, 1.807) is 5.57 Å².